The average molecular weight is 272 g/mol. The van der Waals surface area contributed by atoms with Gasteiger partial charge in [0.05, 0.1) is 0 Å². The summed E-state index contributed by atoms with van der Waals surface area (Å²) in [6.07, 6.45) is 9.31. The van der Waals surface area contributed by atoms with E-state index in [-0.39, 0.29) is 23.4 Å². The van der Waals surface area contributed by atoms with Crippen LogP contribution >= 0.6 is 0 Å². The Morgan fingerprint density at radius 1 is 1.20 bits per heavy atom. The number of carbonyl (C=O) groups excluding carboxylic acids is 2. The average Bonchev–Trinajstić information content (AvgIpc) is 2.43. The van der Waals surface area contributed by atoms with Gasteiger partial charge in [-0.3, -0.25) is 9.59 Å². The zero-order chi connectivity index (χ0) is 14.5. The molecule has 0 saturated heterocycles. The summed E-state index contributed by atoms with van der Waals surface area (Å²) in [4.78, 5) is 25.6. The maximum Gasteiger partial charge on any atom is 0.163 e. The third-order valence-corrected chi connectivity index (χ3v) is 5.76. The largest absolute Gasteiger partial charge is 0.294 e. The molecule has 1 saturated carbocycles. The molecule has 0 radical (unpaired) electrons. The zero-order valence-electron chi connectivity index (χ0n) is 12.7. The standard InChI is InChI=1S/C18H24O2/c1-11(2)13-10-16(19)18(3)14-7-5-4-6-12(14)8-9-15(18)17(13)20/h8,10-11,14-15H,4-7,9H2,1-3H3/t14-,15-,18-/m0/s1. The van der Waals surface area contributed by atoms with Gasteiger partial charge in [0.2, 0.25) is 0 Å². The monoisotopic (exact) mass is 272 g/mol. The van der Waals surface area contributed by atoms with Crippen molar-refractivity contribution in [2.75, 3.05) is 0 Å². The van der Waals surface area contributed by atoms with Crippen LogP contribution in [0.4, 0.5) is 0 Å². The quantitative estimate of drug-likeness (QED) is 0.679. The maximum absolute atomic E-state index is 12.8. The number of allylic oxidation sites excluding steroid dienone is 4. The Kier molecular flexibility index (Phi) is 3.23. The second kappa shape index (κ2) is 4.68. The molecule has 0 amide bonds. The van der Waals surface area contributed by atoms with E-state index in [0.29, 0.717) is 5.92 Å². The molecule has 3 rings (SSSR count). The summed E-state index contributed by atoms with van der Waals surface area (Å²) in [6.45, 7) is 6.06. The van der Waals surface area contributed by atoms with E-state index >= 15 is 0 Å². The molecule has 0 aliphatic heterocycles. The second-order valence-electron chi connectivity index (χ2n) is 7.13. The summed E-state index contributed by atoms with van der Waals surface area (Å²) in [5.41, 5.74) is 1.71. The summed E-state index contributed by atoms with van der Waals surface area (Å²) in [5.74, 6) is 0.750. The zero-order valence-corrected chi connectivity index (χ0v) is 12.7. The molecule has 20 heavy (non-hydrogen) atoms. The van der Waals surface area contributed by atoms with Gasteiger partial charge in [-0.25, -0.2) is 0 Å². The molecular weight excluding hydrogens is 248 g/mol. The van der Waals surface area contributed by atoms with E-state index < -0.39 is 5.41 Å². The molecule has 0 aromatic rings. The Hall–Kier alpha value is -1.18. The van der Waals surface area contributed by atoms with Crippen molar-refractivity contribution in [1.82, 2.24) is 0 Å². The Morgan fingerprint density at radius 2 is 1.95 bits per heavy atom. The Balaban J connectivity index is 2.06. The first-order valence-electron chi connectivity index (χ1n) is 7.95. The number of ketones is 2. The van der Waals surface area contributed by atoms with Crippen LogP contribution in [0.25, 0.3) is 0 Å². The third kappa shape index (κ3) is 1.77. The van der Waals surface area contributed by atoms with Gasteiger partial charge in [0.1, 0.15) is 0 Å². The van der Waals surface area contributed by atoms with Crippen LogP contribution in [0.5, 0.6) is 0 Å². The lowest BCUT2D eigenvalue weighted by Crippen LogP contribution is -2.51. The summed E-state index contributed by atoms with van der Waals surface area (Å²) < 4.78 is 0. The van der Waals surface area contributed by atoms with Gasteiger partial charge in [0, 0.05) is 16.9 Å². The van der Waals surface area contributed by atoms with Gasteiger partial charge in [-0.2, -0.15) is 0 Å². The molecular formula is C18H24O2. The van der Waals surface area contributed by atoms with Gasteiger partial charge in [-0.15, -0.1) is 0 Å². The van der Waals surface area contributed by atoms with E-state index in [1.165, 1.54) is 18.4 Å². The molecule has 0 bridgehead atoms. The van der Waals surface area contributed by atoms with Crippen molar-refractivity contribution in [3.8, 4) is 0 Å². The predicted molar refractivity (Wildman–Crippen MR) is 79.2 cm³/mol. The fraction of sp³-hybridized carbons (Fsp3) is 0.667. The highest BCUT2D eigenvalue weighted by molar-refractivity contribution is 6.13. The number of Topliss-reactive ketones (excluding diaryl/α,β-unsaturated/α-hetero) is 1. The topological polar surface area (TPSA) is 34.1 Å². The van der Waals surface area contributed by atoms with Gasteiger partial charge in [-0.1, -0.05) is 38.8 Å². The van der Waals surface area contributed by atoms with Crippen LogP contribution in [0.15, 0.2) is 23.3 Å². The molecule has 0 unspecified atom stereocenters. The number of hydrogen-bond donors (Lipinski definition) is 0. The smallest absolute Gasteiger partial charge is 0.163 e. The van der Waals surface area contributed by atoms with Crippen molar-refractivity contribution >= 4 is 11.6 Å². The van der Waals surface area contributed by atoms with E-state index in [1.807, 2.05) is 13.8 Å². The van der Waals surface area contributed by atoms with Crippen LogP contribution in [0.3, 0.4) is 0 Å². The second-order valence-corrected chi connectivity index (χ2v) is 7.13. The summed E-state index contributed by atoms with van der Waals surface area (Å²) in [5, 5.41) is 0. The molecule has 3 aliphatic rings. The first-order valence-corrected chi connectivity index (χ1v) is 7.95. The van der Waals surface area contributed by atoms with Crippen molar-refractivity contribution in [3.63, 3.8) is 0 Å². The fourth-order valence-corrected chi connectivity index (χ4v) is 4.47. The fourth-order valence-electron chi connectivity index (χ4n) is 4.47. The highest BCUT2D eigenvalue weighted by atomic mass is 16.1. The Morgan fingerprint density at radius 3 is 2.65 bits per heavy atom. The van der Waals surface area contributed by atoms with E-state index in [1.54, 1.807) is 6.08 Å². The van der Waals surface area contributed by atoms with Crippen LogP contribution in [0, 0.1) is 23.2 Å². The lowest BCUT2D eigenvalue weighted by molar-refractivity contribution is -0.140. The molecule has 2 nitrogen and oxygen atoms in total. The van der Waals surface area contributed by atoms with Gasteiger partial charge in [0.15, 0.2) is 11.6 Å². The number of hydrogen-bond acceptors (Lipinski definition) is 2. The van der Waals surface area contributed by atoms with Gasteiger partial charge in [-0.05, 0) is 43.6 Å². The van der Waals surface area contributed by atoms with Crippen LogP contribution in [-0.2, 0) is 9.59 Å². The van der Waals surface area contributed by atoms with Crippen LogP contribution in [0.2, 0.25) is 0 Å². The van der Waals surface area contributed by atoms with Gasteiger partial charge in [0.25, 0.3) is 0 Å². The molecule has 0 aromatic carbocycles. The van der Waals surface area contributed by atoms with E-state index in [2.05, 4.69) is 13.0 Å². The number of carbonyl (C=O) groups is 2. The minimum atomic E-state index is -0.472. The van der Waals surface area contributed by atoms with Gasteiger partial charge >= 0.3 is 0 Å². The molecule has 3 aliphatic carbocycles. The normalized spacial score (nSPS) is 37.2. The molecule has 0 N–H and O–H groups in total. The highest BCUT2D eigenvalue weighted by Crippen LogP contribution is 2.54. The Labute approximate surface area is 121 Å². The van der Waals surface area contributed by atoms with Crippen LogP contribution < -0.4 is 0 Å². The van der Waals surface area contributed by atoms with E-state index in [9.17, 15) is 9.59 Å². The lowest BCUT2D eigenvalue weighted by atomic mass is 9.52. The SMILES string of the molecule is CC(C)C1=CC(=O)[C@]2(C)[C@@H](CC=C3CCCC[C@@H]32)C1=O. The molecule has 3 atom stereocenters. The van der Waals surface area contributed by atoms with E-state index in [4.69, 9.17) is 0 Å². The first-order chi connectivity index (χ1) is 9.46. The minimum absolute atomic E-state index is 0.121. The molecule has 0 aromatic heterocycles. The summed E-state index contributed by atoms with van der Waals surface area (Å²) in [6, 6.07) is 0. The summed E-state index contributed by atoms with van der Waals surface area (Å²) >= 11 is 0. The molecule has 2 heteroatoms. The van der Waals surface area contributed by atoms with Crippen molar-refractivity contribution in [3.05, 3.63) is 23.3 Å². The minimum Gasteiger partial charge on any atom is -0.294 e. The maximum atomic E-state index is 12.8. The predicted octanol–water partition coefficient (Wildman–Crippen LogP) is 3.86. The molecule has 108 valence electrons. The van der Waals surface area contributed by atoms with Crippen molar-refractivity contribution in [2.45, 2.75) is 52.9 Å². The lowest BCUT2D eigenvalue weighted by Gasteiger charge is -2.49. The van der Waals surface area contributed by atoms with Crippen molar-refractivity contribution < 1.29 is 9.59 Å². The van der Waals surface area contributed by atoms with Gasteiger partial charge < -0.3 is 0 Å². The molecule has 0 spiro atoms. The van der Waals surface area contributed by atoms with Crippen LogP contribution in [-0.4, -0.2) is 11.6 Å². The van der Waals surface area contributed by atoms with Crippen molar-refractivity contribution in [1.29, 1.82) is 0 Å². The van der Waals surface area contributed by atoms with E-state index in [0.717, 1.165) is 24.8 Å². The third-order valence-electron chi connectivity index (χ3n) is 5.76. The van der Waals surface area contributed by atoms with Crippen LogP contribution in [0.1, 0.15) is 52.9 Å². The highest BCUT2D eigenvalue weighted by Gasteiger charge is 2.55. The first kappa shape index (κ1) is 13.8. The number of rotatable bonds is 1. The summed E-state index contributed by atoms with van der Waals surface area (Å²) in [7, 11) is 0. The molecule has 0 heterocycles. The Bertz CT molecular complexity index is 524. The molecule has 1 fully saturated rings. The number of fused-ring (bicyclic) bond motifs is 3. The van der Waals surface area contributed by atoms with Crippen molar-refractivity contribution in [2.24, 2.45) is 23.2 Å².